The zero-order valence-corrected chi connectivity index (χ0v) is 9.67. The molecule has 0 unspecified atom stereocenters. The van der Waals surface area contributed by atoms with Crippen molar-refractivity contribution in [1.29, 1.82) is 0 Å². The van der Waals surface area contributed by atoms with Crippen molar-refractivity contribution in [2.45, 2.75) is 16.7 Å². The van der Waals surface area contributed by atoms with Crippen LogP contribution < -0.4 is 10.5 Å². The molecule has 0 saturated heterocycles. The predicted octanol–water partition coefficient (Wildman–Crippen LogP) is 3.83. The molecule has 2 aromatic carbocycles. The van der Waals surface area contributed by atoms with Gasteiger partial charge in [0.2, 0.25) is 0 Å². The Balaban J connectivity index is 2.16. The number of anilines is 1. The van der Waals surface area contributed by atoms with E-state index in [1.165, 1.54) is 0 Å². The normalized spacial score (nSPS) is 12.6. The highest BCUT2D eigenvalue weighted by atomic mass is 32.2. The molecule has 0 aromatic heterocycles. The first kappa shape index (κ1) is 9.60. The molecule has 3 rings (SSSR count). The quantitative estimate of drug-likeness (QED) is 0.595. The molecule has 0 atom stereocenters. The van der Waals surface area contributed by atoms with Crippen molar-refractivity contribution in [3.63, 3.8) is 0 Å². The molecule has 2 nitrogen and oxygen atoms in total. The maximum atomic E-state index is 5.89. The maximum absolute atomic E-state index is 5.89. The van der Waals surface area contributed by atoms with Gasteiger partial charge in [-0.05, 0) is 36.8 Å². The monoisotopic (exact) mass is 229 g/mol. The van der Waals surface area contributed by atoms with E-state index in [2.05, 4.69) is 6.07 Å². The van der Waals surface area contributed by atoms with E-state index in [0.717, 1.165) is 32.5 Å². The molecule has 1 heterocycles. The van der Waals surface area contributed by atoms with Crippen LogP contribution >= 0.6 is 11.8 Å². The summed E-state index contributed by atoms with van der Waals surface area (Å²) in [7, 11) is 0. The lowest BCUT2D eigenvalue weighted by molar-refractivity contribution is 0.454. The molecule has 1 aliphatic heterocycles. The minimum Gasteiger partial charge on any atom is -0.455 e. The van der Waals surface area contributed by atoms with Gasteiger partial charge in [-0.15, -0.1) is 0 Å². The van der Waals surface area contributed by atoms with Crippen molar-refractivity contribution in [3.8, 4) is 11.5 Å². The molecule has 16 heavy (non-hydrogen) atoms. The van der Waals surface area contributed by atoms with Gasteiger partial charge in [-0.2, -0.15) is 0 Å². The van der Waals surface area contributed by atoms with Gasteiger partial charge in [-0.25, -0.2) is 0 Å². The van der Waals surface area contributed by atoms with Crippen LogP contribution in [-0.2, 0) is 0 Å². The summed E-state index contributed by atoms with van der Waals surface area (Å²) in [4.78, 5) is 2.27. The van der Waals surface area contributed by atoms with E-state index >= 15 is 0 Å². The van der Waals surface area contributed by atoms with Crippen LogP contribution in [0.1, 0.15) is 5.56 Å². The van der Waals surface area contributed by atoms with Crippen LogP contribution in [0.2, 0.25) is 0 Å². The third-order valence-corrected chi connectivity index (χ3v) is 3.96. The van der Waals surface area contributed by atoms with Gasteiger partial charge in [0.1, 0.15) is 11.5 Å². The molecule has 0 fully saturated rings. The molecule has 0 radical (unpaired) electrons. The summed E-state index contributed by atoms with van der Waals surface area (Å²) in [6, 6.07) is 11.9. The van der Waals surface area contributed by atoms with Crippen LogP contribution in [0, 0.1) is 6.92 Å². The van der Waals surface area contributed by atoms with Crippen molar-refractivity contribution in [3.05, 3.63) is 42.0 Å². The summed E-state index contributed by atoms with van der Waals surface area (Å²) in [5.41, 5.74) is 7.80. The number of benzene rings is 2. The molecule has 80 valence electrons. The first-order valence-electron chi connectivity index (χ1n) is 5.09. The Labute approximate surface area is 98.4 Å². The number of rotatable bonds is 0. The van der Waals surface area contributed by atoms with Gasteiger partial charge in [0, 0.05) is 5.69 Å². The molecule has 2 N–H and O–H groups in total. The minimum absolute atomic E-state index is 0.814. The lowest BCUT2D eigenvalue weighted by atomic mass is 10.2. The fourth-order valence-corrected chi connectivity index (χ4v) is 2.79. The highest BCUT2D eigenvalue weighted by Gasteiger charge is 2.19. The van der Waals surface area contributed by atoms with Crippen LogP contribution in [0.4, 0.5) is 5.69 Å². The number of hydrogen-bond donors (Lipinski definition) is 1. The Bertz CT molecular complexity index is 566. The standard InChI is InChI=1S/C13H11NOS/c1-8-9(14)6-7-11-13(8)16-12-5-3-2-4-10(12)15-11/h2-7H,14H2,1H3. The second kappa shape index (κ2) is 3.46. The van der Waals surface area contributed by atoms with Crippen LogP contribution in [0.25, 0.3) is 0 Å². The molecule has 3 heteroatoms. The largest absolute Gasteiger partial charge is 0.455 e. The van der Waals surface area contributed by atoms with Crippen LogP contribution in [0.5, 0.6) is 11.5 Å². The molecule has 2 aromatic rings. The van der Waals surface area contributed by atoms with Crippen LogP contribution in [0.15, 0.2) is 46.2 Å². The van der Waals surface area contributed by atoms with Gasteiger partial charge in [0.15, 0.2) is 0 Å². The molecule has 1 aliphatic rings. The van der Waals surface area contributed by atoms with Gasteiger partial charge in [-0.1, -0.05) is 23.9 Å². The maximum Gasteiger partial charge on any atom is 0.141 e. The summed E-state index contributed by atoms with van der Waals surface area (Å²) < 4.78 is 5.84. The van der Waals surface area contributed by atoms with E-state index in [9.17, 15) is 0 Å². The summed E-state index contributed by atoms with van der Waals surface area (Å²) in [5.74, 6) is 1.82. The fourth-order valence-electron chi connectivity index (χ4n) is 1.74. The third kappa shape index (κ3) is 1.36. The van der Waals surface area contributed by atoms with E-state index in [0.29, 0.717) is 0 Å². The number of hydrogen-bond acceptors (Lipinski definition) is 3. The Morgan fingerprint density at radius 2 is 1.88 bits per heavy atom. The zero-order chi connectivity index (χ0) is 11.1. The Kier molecular flexibility index (Phi) is 2.07. The van der Waals surface area contributed by atoms with Crippen molar-refractivity contribution in [1.82, 2.24) is 0 Å². The van der Waals surface area contributed by atoms with E-state index in [1.54, 1.807) is 11.8 Å². The second-order valence-corrected chi connectivity index (χ2v) is 4.81. The van der Waals surface area contributed by atoms with Crippen molar-refractivity contribution in [2.75, 3.05) is 5.73 Å². The van der Waals surface area contributed by atoms with E-state index in [-0.39, 0.29) is 0 Å². The average molecular weight is 229 g/mol. The van der Waals surface area contributed by atoms with Crippen LogP contribution in [-0.4, -0.2) is 0 Å². The third-order valence-electron chi connectivity index (χ3n) is 2.69. The van der Waals surface area contributed by atoms with Crippen molar-refractivity contribution >= 4 is 17.4 Å². The number of nitrogen functional groups attached to an aromatic ring is 1. The van der Waals surface area contributed by atoms with Crippen LogP contribution in [0.3, 0.4) is 0 Å². The van der Waals surface area contributed by atoms with Crippen molar-refractivity contribution < 1.29 is 4.74 Å². The number of fused-ring (bicyclic) bond motifs is 2. The Morgan fingerprint density at radius 1 is 1.06 bits per heavy atom. The van der Waals surface area contributed by atoms with E-state index in [4.69, 9.17) is 10.5 Å². The van der Waals surface area contributed by atoms with Gasteiger partial charge in [-0.3, -0.25) is 0 Å². The summed E-state index contributed by atoms with van der Waals surface area (Å²) in [5, 5.41) is 0. The van der Waals surface area contributed by atoms with Gasteiger partial charge in [0.25, 0.3) is 0 Å². The zero-order valence-electron chi connectivity index (χ0n) is 8.86. The Morgan fingerprint density at radius 3 is 2.75 bits per heavy atom. The van der Waals surface area contributed by atoms with Gasteiger partial charge in [0.05, 0.1) is 9.79 Å². The lowest BCUT2D eigenvalue weighted by Gasteiger charge is -2.21. The number of ether oxygens (including phenoxy) is 1. The highest BCUT2D eigenvalue weighted by Crippen LogP contribution is 2.49. The smallest absolute Gasteiger partial charge is 0.141 e. The van der Waals surface area contributed by atoms with Gasteiger partial charge >= 0.3 is 0 Å². The summed E-state index contributed by atoms with van der Waals surface area (Å²) >= 11 is 1.72. The molecule has 0 bridgehead atoms. The highest BCUT2D eigenvalue weighted by molar-refractivity contribution is 7.99. The average Bonchev–Trinajstić information content (AvgIpc) is 2.32. The molecular weight excluding hydrogens is 218 g/mol. The molecule has 0 spiro atoms. The summed E-state index contributed by atoms with van der Waals surface area (Å²) in [6.07, 6.45) is 0. The first-order valence-corrected chi connectivity index (χ1v) is 5.91. The number of para-hydroxylation sites is 1. The topological polar surface area (TPSA) is 35.2 Å². The molecule has 0 aliphatic carbocycles. The van der Waals surface area contributed by atoms with Crippen molar-refractivity contribution in [2.24, 2.45) is 0 Å². The lowest BCUT2D eigenvalue weighted by Crippen LogP contribution is -1.99. The fraction of sp³-hybridized carbons (Fsp3) is 0.0769. The summed E-state index contributed by atoms with van der Waals surface area (Å²) in [6.45, 7) is 2.03. The van der Waals surface area contributed by atoms with E-state index in [1.807, 2.05) is 37.3 Å². The first-order chi connectivity index (χ1) is 7.75. The number of nitrogens with two attached hydrogens (primary N) is 1. The molecular formula is C13H11NOS. The second-order valence-electron chi connectivity index (χ2n) is 3.76. The van der Waals surface area contributed by atoms with E-state index < -0.39 is 0 Å². The predicted molar refractivity (Wildman–Crippen MR) is 66.2 cm³/mol. The van der Waals surface area contributed by atoms with Gasteiger partial charge < -0.3 is 10.5 Å². The SMILES string of the molecule is Cc1c(N)ccc2c1Sc1ccccc1O2. The molecule has 0 saturated carbocycles. The minimum atomic E-state index is 0.814. The molecule has 0 amide bonds. The Hall–Kier alpha value is -1.61.